The third-order valence-electron chi connectivity index (χ3n) is 3.65. The van der Waals surface area contributed by atoms with Crippen molar-refractivity contribution in [1.29, 1.82) is 0 Å². The summed E-state index contributed by atoms with van der Waals surface area (Å²) >= 11 is 0. The van der Waals surface area contributed by atoms with Crippen LogP contribution in [0.3, 0.4) is 0 Å². The van der Waals surface area contributed by atoms with Crippen molar-refractivity contribution in [3.8, 4) is 0 Å². The molecule has 1 aromatic carbocycles. The van der Waals surface area contributed by atoms with Crippen LogP contribution in [0, 0.1) is 6.92 Å². The average molecular weight is 341 g/mol. The van der Waals surface area contributed by atoms with Gasteiger partial charge in [-0.1, -0.05) is 17.7 Å². The number of aryl methyl sites for hydroxylation is 1. The van der Waals surface area contributed by atoms with Crippen molar-refractivity contribution in [1.82, 2.24) is 4.31 Å². The second kappa shape index (κ2) is 6.67. The van der Waals surface area contributed by atoms with E-state index in [4.69, 9.17) is 4.74 Å². The van der Waals surface area contributed by atoms with Crippen molar-refractivity contribution < 1.29 is 27.5 Å². The molecule has 0 spiro atoms. The second-order valence-corrected chi connectivity index (χ2v) is 7.28. The van der Waals surface area contributed by atoms with E-state index in [0.29, 0.717) is 0 Å². The summed E-state index contributed by atoms with van der Waals surface area (Å²) in [5, 5.41) is 0. The molecule has 23 heavy (non-hydrogen) atoms. The van der Waals surface area contributed by atoms with Crippen molar-refractivity contribution in [2.24, 2.45) is 0 Å². The highest BCUT2D eigenvalue weighted by molar-refractivity contribution is 7.89. The summed E-state index contributed by atoms with van der Waals surface area (Å²) in [5.41, 5.74) is 0.924. The molecule has 0 saturated carbocycles. The SMILES string of the molecule is COC(=O)[C@@H]1C[C@@H](OC(C)=O)CN1S(=O)(=O)c1ccc(C)cc1. The number of rotatable bonds is 4. The monoisotopic (exact) mass is 341 g/mol. The van der Waals surface area contributed by atoms with Gasteiger partial charge in [-0.15, -0.1) is 0 Å². The molecule has 0 N–H and O–H groups in total. The van der Waals surface area contributed by atoms with Gasteiger partial charge in [0.2, 0.25) is 10.0 Å². The molecular weight excluding hydrogens is 322 g/mol. The zero-order chi connectivity index (χ0) is 17.2. The molecule has 0 amide bonds. The first-order valence-corrected chi connectivity index (χ1v) is 8.53. The van der Waals surface area contributed by atoms with Crippen molar-refractivity contribution in [2.75, 3.05) is 13.7 Å². The molecule has 8 heteroatoms. The molecule has 0 aliphatic carbocycles. The lowest BCUT2D eigenvalue weighted by Gasteiger charge is -2.21. The molecule has 1 aromatic rings. The lowest BCUT2D eigenvalue weighted by molar-refractivity contribution is -0.147. The first-order chi connectivity index (χ1) is 10.8. The largest absolute Gasteiger partial charge is 0.468 e. The van der Waals surface area contributed by atoms with Crippen LogP contribution in [-0.2, 0) is 29.1 Å². The molecule has 126 valence electrons. The van der Waals surface area contributed by atoms with Gasteiger partial charge in [0.05, 0.1) is 18.6 Å². The first-order valence-electron chi connectivity index (χ1n) is 7.09. The smallest absolute Gasteiger partial charge is 0.324 e. The van der Waals surface area contributed by atoms with E-state index in [2.05, 4.69) is 4.74 Å². The van der Waals surface area contributed by atoms with Gasteiger partial charge in [-0.3, -0.25) is 9.59 Å². The van der Waals surface area contributed by atoms with Crippen molar-refractivity contribution in [3.05, 3.63) is 29.8 Å². The molecule has 7 nitrogen and oxygen atoms in total. The van der Waals surface area contributed by atoms with Gasteiger partial charge in [-0.25, -0.2) is 8.42 Å². The van der Waals surface area contributed by atoms with E-state index in [0.717, 1.165) is 9.87 Å². The average Bonchev–Trinajstić information content (AvgIpc) is 2.90. The standard InChI is InChI=1S/C15H19NO6S/c1-10-4-6-13(7-5-10)23(19,20)16-9-12(22-11(2)17)8-14(16)15(18)21-3/h4-7,12,14H,8-9H2,1-3H3/t12-,14+/m1/s1. The fourth-order valence-corrected chi connectivity index (χ4v) is 4.17. The maximum atomic E-state index is 12.8. The topological polar surface area (TPSA) is 90.0 Å². The minimum Gasteiger partial charge on any atom is -0.468 e. The maximum absolute atomic E-state index is 12.8. The summed E-state index contributed by atoms with van der Waals surface area (Å²) in [6, 6.07) is 5.32. The Morgan fingerprint density at radius 1 is 1.22 bits per heavy atom. The Balaban J connectivity index is 2.34. The van der Waals surface area contributed by atoms with E-state index in [1.807, 2.05) is 6.92 Å². The predicted octanol–water partition coefficient (Wildman–Crippen LogP) is 0.863. The second-order valence-electron chi connectivity index (χ2n) is 5.39. The van der Waals surface area contributed by atoms with Gasteiger partial charge in [-0.05, 0) is 19.1 Å². The summed E-state index contributed by atoms with van der Waals surface area (Å²) in [6.07, 6.45) is -0.589. The number of benzene rings is 1. The van der Waals surface area contributed by atoms with Crippen LogP contribution < -0.4 is 0 Å². The molecule has 1 aliphatic heterocycles. The van der Waals surface area contributed by atoms with Crippen LogP contribution in [0.15, 0.2) is 29.2 Å². The maximum Gasteiger partial charge on any atom is 0.324 e. The van der Waals surface area contributed by atoms with Crippen LogP contribution in [0.2, 0.25) is 0 Å². The van der Waals surface area contributed by atoms with Crippen LogP contribution in [-0.4, -0.2) is 50.5 Å². The number of hydrogen-bond acceptors (Lipinski definition) is 6. The summed E-state index contributed by atoms with van der Waals surface area (Å²) < 4.78 is 36.4. The summed E-state index contributed by atoms with van der Waals surface area (Å²) in [7, 11) is -2.69. The van der Waals surface area contributed by atoms with Gasteiger partial charge < -0.3 is 9.47 Å². The van der Waals surface area contributed by atoms with Gasteiger partial charge in [0.25, 0.3) is 0 Å². The Bertz CT molecular complexity index is 697. The third kappa shape index (κ3) is 3.70. The Morgan fingerprint density at radius 3 is 2.35 bits per heavy atom. The molecule has 0 aromatic heterocycles. The van der Waals surface area contributed by atoms with Crippen LogP contribution in [0.1, 0.15) is 18.9 Å². The Labute approximate surface area is 135 Å². The van der Waals surface area contributed by atoms with E-state index in [1.54, 1.807) is 12.1 Å². The highest BCUT2D eigenvalue weighted by atomic mass is 32.2. The number of esters is 2. The fraction of sp³-hybridized carbons (Fsp3) is 0.467. The van der Waals surface area contributed by atoms with Crippen molar-refractivity contribution >= 4 is 22.0 Å². The van der Waals surface area contributed by atoms with Crippen LogP contribution in [0.4, 0.5) is 0 Å². The van der Waals surface area contributed by atoms with Crippen molar-refractivity contribution in [3.63, 3.8) is 0 Å². The molecule has 1 fully saturated rings. The normalized spacial score (nSPS) is 21.9. The van der Waals surface area contributed by atoms with Gasteiger partial charge in [-0.2, -0.15) is 4.31 Å². The number of carbonyl (C=O) groups is 2. The summed E-state index contributed by atoms with van der Waals surface area (Å²) in [5.74, 6) is -1.19. The molecule has 0 bridgehead atoms. The quantitative estimate of drug-likeness (QED) is 0.755. The van der Waals surface area contributed by atoms with Gasteiger partial charge >= 0.3 is 11.9 Å². The number of hydrogen-bond donors (Lipinski definition) is 0. The Kier molecular flexibility index (Phi) is 5.06. The molecule has 2 rings (SSSR count). The minimum atomic E-state index is -3.89. The number of nitrogens with zero attached hydrogens (tertiary/aromatic N) is 1. The van der Waals surface area contributed by atoms with Gasteiger partial charge in [0, 0.05) is 13.3 Å². The van der Waals surface area contributed by atoms with E-state index < -0.39 is 34.1 Å². The van der Waals surface area contributed by atoms with Crippen LogP contribution >= 0.6 is 0 Å². The van der Waals surface area contributed by atoms with Crippen molar-refractivity contribution in [2.45, 2.75) is 37.3 Å². The zero-order valence-electron chi connectivity index (χ0n) is 13.2. The lowest BCUT2D eigenvalue weighted by Crippen LogP contribution is -2.41. The van der Waals surface area contributed by atoms with Crippen LogP contribution in [0.25, 0.3) is 0 Å². The van der Waals surface area contributed by atoms with Gasteiger partial charge in [0.1, 0.15) is 12.1 Å². The van der Waals surface area contributed by atoms with Gasteiger partial charge in [0.15, 0.2) is 0 Å². The summed E-state index contributed by atoms with van der Waals surface area (Å²) in [4.78, 5) is 23.1. The van der Waals surface area contributed by atoms with E-state index >= 15 is 0 Å². The third-order valence-corrected chi connectivity index (χ3v) is 5.54. The molecule has 0 unspecified atom stereocenters. The lowest BCUT2D eigenvalue weighted by atomic mass is 10.2. The molecular formula is C15H19NO6S. The van der Waals surface area contributed by atoms with Crippen LogP contribution in [0.5, 0.6) is 0 Å². The molecule has 2 atom stereocenters. The Morgan fingerprint density at radius 2 is 1.83 bits per heavy atom. The van der Waals surface area contributed by atoms with E-state index in [1.165, 1.54) is 26.2 Å². The number of carbonyl (C=O) groups excluding carboxylic acids is 2. The van der Waals surface area contributed by atoms with E-state index in [9.17, 15) is 18.0 Å². The summed E-state index contributed by atoms with van der Waals surface area (Å²) in [6.45, 7) is 3.01. The highest BCUT2D eigenvalue weighted by Gasteiger charge is 2.45. The number of methoxy groups -OCH3 is 1. The number of ether oxygens (including phenoxy) is 2. The fourth-order valence-electron chi connectivity index (χ4n) is 2.55. The zero-order valence-corrected chi connectivity index (χ0v) is 14.0. The van der Waals surface area contributed by atoms with E-state index in [-0.39, 0.29) is 17.9 Å². The first kappa shape index (κ1) is 17.4. The minimum absolute atomic E-state index is 0.0739. The molecule has 0 radical (unpaired) electrons. The number of sulfonamides is 1. The molecule has 1 heterocycles. The molecule has 1 aliphatic rings. The highest BCUT2D eigenvalue weighted by Crippen LogP contribution is 2.28. The predicted molar refractivity (Wildman–Crippen MR) is 81.0 cm³/mol. The molecule has 1 saturated heterocycles. The Hall–Kier alpha value is -1.93.